The Bertz CT molecular complexity index is 1080. The Labute approximate surface area is 202 Å². The molecule has 0 saturated heterocycles. The van der Waals surface area contributed by atoms with Crippen LogP contribution in [-0.2, 0) is 30.4 Å². The fourth-order valence-electron chi connectivity index (χ4n) is 3.58. The van der Waals surface area contributed by atoms with Gasteiger partial charge in [-0.15, -0.1) is 0 Å². The van der Waals surface area contributed by atoms with Gasteiger partial charge >= 0.3 is 5.97 Å². The summed E-state index contributed by atoms with van der Waals surface area (Å²) >= 11 is 0. The minimum Gasteiger partial charge on any atom is -0.480 e. The van der Waals surface area contributed by atoms with Gasteiger partial charge < -0.3 is 37.5 Å². The highest BCUT2D eigenvalue weighted by molar-refractivity contribution is 5.94. The van der Waals surface area contributed by atoms with Crippen LogP contribution in [0.15, 0.2) is 30.5 Å². The summed E-state index contributed by atoms with van der Waals surface area (Å²) in [5, 5.41) is 18.0. The van der Waals surface area contributed by atoms with Gasteiger partial charge in [-0.05, 0) is 24.0 Å². The second-order valence-electron chi connectivity index (χ2n) is 8.52. The van der Waals surface area contributed by atoms with E-state index in [1.54, 1.807) is 20.0 Å². The van der Waals surface area contributed by atoms with Crippen LogP contribution in [0.25, 0.3) is 10.9 Å². The van der Waals surface area contributed by atoms with Gasteiger partial charge in [-0.3, -0.25) is 19.2 Å². The highest BCUT2D eigenvalue weighted by Crippen LogP contribution is 2.19. The highest BCUT2D eigenvalue weighted by atomic mass is 16.4. The van der Waals surface area contributed by atoms with Crippen LogP contribution < -0.4 is 27.4 Å². The number of hydrogen-bond donors (Lipinski definition) is 7. The van der Waals surface area contributed by atoms with E-state index in [4.69, 9.17) is 11.5 Å². The molecule has 0 fully saturated rings. The molecule has 0 aliphatic rings. The first-order valence-electron chi connectivity index (χ1n) is 11.2. The summed E-state index contributed by atoms with van der Waals surface area (Å²) in [7, 11) is 0. The monoisotopic (exact) mass is 488 g/mol. The van der Waals surface area contributed by atoms with Crippen molar-refractivity contribution in [2.24, 2.45) is 17.4 Å². The first-order chi connectivity index (χ1) is 16.5. The predicted molar refractivity (Wildman–Crippen MR) is 128 cm³/mol. The van der Waals surface area contributed by atoms with Crippen molar-refractivity contribution in [3.05, 3.63) is 36.0 Å². The summed E-state index contributed by atoms with van der Waals surface area (Å²) in [6, 6.07) is 3.79. The number of H-pyrrole nitrogens is 1. The number of para-hydroxylation sites is 1. The van der Waals surface area contributed by atoms with Gasteiger partial charge in [-0.1, -0.05) is 32.0 Å². The van der Waals surface area contributed by atoms with Crippen LogP contribution in [0.2, 0.25) is 0 Å². The van der Waals surface area contributed by atoms with Gasteiger partial charge in [0.2, 0.25) is 23.6 Å². The Balaban J connectivity index is 2.19. The van der Waals surface area contributed by atoms with E-state index in [2.05, 4.69) is 20.9 Å². The first-order valence-corrected chi connectivity index (χ1v) is 11.2. The van der Waals surface area contributed by atoms with Crippen LogP contribution in [-0.4, -0.2) is 64.4 Å². The molecule has 1 aromatic carbocycles. The molecule has 0 radical (unpaired) electrons. The largest absolute Gasteiger partial charge is 0.480 e. The molecule has 4 amide bonds. The maximum absolute atomic E-state index is 13.0. The zero-order valence-electron chi connectivity index (χ0n) is 19.7. The molecule has 0 bridgehead atoms. The lowest BCUT2D eigenvalue weighted by Crippen LogP contribution is -2.57. The lowest BCUT2D eigenvalue weighted by atomic mass is 10.0. The van der Waals surface area contributed by atoms with Crippen LogP contribution in [0.4, 0.5) is 0 Å². The van der Waals surface area contributed by atoms with E-state index >= 15 is 0 Å². The molecule has 2 rings (SSSR count). The number of carboxylic acids is 1. The average molecular weight is 489 g/mol. The zero-order chi connectivity index (χ0) is 26.1. The van der Waals surface area contributed by atoms with Crippen LogP contribution in [0.3, 0.4) is 0 Å². The van der Waals surface area contributed by atoms with Gasteiger partial charge in [0, 0.05) is 29.9 Å². The number of benzene rings is 1. The maximum Gasteiger partial charge on any atom is 0.326 e. The third-order valence-electron chi connectivity index (χ3n) is 5.48. The van der Waals surface area contributed by atoms with Crippen molar-refractivity contribution in [1.82, 2.24) is 20.9 Å². The van der Waals surface area contributed by atoms with Crippen molar-refractivity contribution >= 4 is 40.5 Å². The molecular weight excluding hydrogens is 456 g/mol. The summed E-state index contributed by atoms with van der Waals surface area (Å²) in [4.78, 5) is 63.8. The molecule has 2 aromatic rings. The summed E-state index contributed by atoms with van der Waals surface area (Å²) < 4.78 is 0. The number of primary amides is 1. The third-order valence-corrected chi connectivity index (χ3v) is 5.48. The van der Waals surface area contributed by atoms with Gasteiger partial charge in [0.25, 0.3) is 0 Å². The Morgan fingerprint density at radius 2 is 1.66 bits per heavy atom. The second kappa shape index (κ2) is 12.5. The van der Waals surface area contributed by atoms with Gasteiger partial charge in [0.15, 0.2) is 0 Å². The van der Waals surface area contributed by atoms with E-state index < -0.39 is 47.7 Å². The van der Waals surface area contributed by atoms with E-state index in [-0.39, 0.29) is 31.7 Å². The topological polar surface area (TPSA) is 209 Å². The molecule has 35 heavy (non-hydrogen) atoms. The number of carbonyl (C=O) groups is 5. The second-order valence-corrected chi connectivity index (χ2v) is 8.52. The lowest BCUT2D eigenvalue weighted by molar-refractivity contribution is -0.142. The molecule has 9 N–H and O–H groups in total. The molecule has 3 unspecified atom stereocenters. The van der Waals surface area contributed by atoms with Crippen LogP contribution >= 0.6 is 0 Å². The number of nitrogens with one attached hydrogen (secondary N) is 4. The quantitative estimate of drug-likeness (QED) is 0.189. The molecule has 0 spiro atoms. The molecule has 0 saturated carbocycles. The normalized spacial score (nSPS) is 13.6. The highest BCUT2D eigenvalue weighted by Gasteiger charge is 2.31. The number of nitrogens with two attached hydrogens (primary N) is 2. The molecule has 0 aliphatic carbocycles. The SMILES string of the molecule is CC(C)C(NC(=O)CN)C(=O)NC(CCC(N)=O)C(=O)NC(Cc1c[nH]c2ccccc12)C(=O)O. The van der Waals surface area contributed by atoms with Gasteiger partial charge in [-0.2, -0.15) is 0 Å². The van der Waals surface area contributed by atoms with Crippen LogP contribution in [0.1, 0.15) is 32.3 Å². The fraction of sp³-hybridized carbons (Fsp3) is 0.435. The predicted octanol–water partition coefficient (Wildman–Crippen LogP) is -0.870. The number of aromatic nitrogens is 1. The fourth-order valence-corrected chi connectivity index (χ4v) is 3.58. The Morgan fingerprint density at radius 1 is 1.00 bits per heavy atom. The van der Waals surface area contributed by atoms with Crippen molar-refractivity contribution in [3.63, 3.8) is 0 Å². The van der Waals surface area contributed by atoms with Crippen molar-refractivity contribution in [3.8, 4) is 0 Å². The number of carbonyl (C=O) groups excluding carboxylic acids is 4. The van der Waals surface area contributed by atoms with Crippen molar-refractivity contribution in [1.29, 1.82) is 0 Å². The number of fused-ring (bicyclic) bond motifs is 1. The van der Waals surface area contributed by atoms with Crippen molar-refractivity contribution < 1.29 is 29.1 Å². The van der Waals surface area contributed by atoms with E-state index in [1.807, 2.05) is 24.3 Å². The zero-order valence-corrected chi connectivity index (χ0v) is 19.7. The summed E-state index contributed by atoms with van der Waals surface area (Å²) in [5.41, 5.74) is 12.0. The van der Waals surface area contributed by atoms with E-state index in [0.29, 0.717) is 5.56 Å². The molecule has 12 nitrogen and oxygen atoms in total. The van der Waals surface area contributed by atoms with Crippen molar-refractivity contribution in [2.75, 3.05) is 6.54 Å². The number of aromatic amines is 1. The molecule has 12 heteroatoms. The number of hydrogen-bond acceptors (Lipinski definition) is 6. The Morgan fingerprint density at radius 3 is 2.26 bits per heavy atom. The average Bonchev–Trinajstić information content (AvgIpc) is 3.21. The van der Waals surface area contributed by atoms with Crippen LogP contribution in [0, 0.1) is 5.92 Å². The Hall–Kier alpha value is -3.93. The first kappa shape index (κ1) is 27.3. The number of rotatable bonds is 13. The van der Waals surface area contributed by atoms with Gasteiger partial charge in [0.1, 0.15) is 18.1 Å². The maximum atomic E-state index is 13.0. The smallest absolute Gasteiger partial charge is 0.326 e. The molecule has 190 valence electrons. The minimum atomic E-state index is -1.30. The minimum absolute atomic E-state index is 0.0112. The third kappa shape index (κ3) is 7.81. The van der Waals surface area contributed by atoms with Gasteiger partial charge in [0.05, 0.1) is 6.54 Å². The van der Waals surface area contributed by atoms with E-state index in [0.717, 1.165) is 10.9 Å². The summed E-state index contributed by atoms with van der Waals surface area (Å²) in [5.74, 6) is -4.31. The van der Waals surface area contributed by atoms with E-state index in [1.165, 1.54) is 0 Å². The summed E-state index contributed by atoms with van der Waals surface area (Å²) in [6.45, 7) is 3.07. The number of carboxylic acid groups (broad SMARTS) is 1. The molecule has 1 heterocycles. The Kier molecular flexibility index (Phi) is 9.76. The standard InChI is InChI=1S/C23H32N6O6/c1-12(2)20(29-19(31)10-24)22(33)27-16(7-8-18(25)30)21(32)28-17(23(34)35)9-13-11-26-15-6-4-3-5-14(13)15/h3-6,11-12,16-17,20,26H,7-10,24H2,1-2H3,(H2,25,30)(H,27,33)(H,28,32)(H,29,31)(H,34,35). The number of amides is 4. The van der Waals surface area contributed by atoms with Crippen LogP contribution in [0.5, 0.6) is 0 Å². The number of aliphatic carboxylic acids is 1. The summed E-state index contributed by atoms with van der Waals surface area (Å²) in [6.07, 6.45) is 1.29. The molecular formula is C23H32N6O6. The van der Waals surface area contributed by atoms with E-state index in [9.17, 15) is 29.1 Å². The molecule has 0 aliphatic heterocycles. The van der Waals surface area contributed by atoms with Gasteiger partial charge in [-0.25, -0.2) is 4.79 Å². The molecule has 1 aromatic heterocycles. The lowest BCUT2D eigenvalue weighted by Gasteiger charge is -2.26. The molecule has 3 atom stereocenters. The van der Waals surface area contributed by atoms with Crippen molar-refractivity contribution in [2.45, 2.75) is 51.2 Å².